The predicted octanol–water partition coefficient (Wildman–Crippen LogP) is 2.98. The van der Waals surface area contributed by atoms with Gasteiger partial charge in [0.1, 0.15) is 5.82 Å². The lowest BCUT2D eigenvalue weighted by molar-refractivity contribution is 0.602. The van der Waals surface area contributed by atoms with Crippen LogP contribution in [0.1, 0.15) is 5.56 Å². The van der Waals surface area contributed by atoms with Crippen molar-refractivity contribution in [1.82, 2.24) is 0 Å². The van der Waals surface area contributed by atoms with Crippen molar-refractivity contribution < 1.29 is 12.8 Å². The summed E-state index contributed by atoms with van der Waals surface area (Å²) in [5, 5.41) is 0. The first-order chi connectivity index (χ1) is 8.97. The first-order valence-corrected chi connectivity index (χ1v) is 7.45. The third-order valence-corrected chi connectivity index (χ3v) is 3.65. The molecule has 5 heteroatoms. The van der Waals surface area contributed by atoms with Crippen LogP contribution >= 0.6 is 0 Å². The van der Waals surface area contributed by atoms with Crippen LogP contribution in [0.5, 0.6) is 0 Å². The first kappa shape index (κ1) is 13.4. The lowest BCUT2D eigenvalue weighted by atomic mass is 10.2. The molecule has 2 rings (SSSR count). The van der Waals surface area contributed by atoms with Crippen LogP contribution in [0.4, 0.5) is 10.1 Å². The van der Waals surface area contributed by atoms with Gasteiger partial charge in [-0.2, -0.15) is 0 Å². The molecule has 2 aromatic carbocycles. The van der Waals surface area contributed by atoms with E-state index in [1.165, 1.54) is 24.4 Å². The molecule has 0 atom stereocenters. The van der Waals surface area contributed by atoms with Gasteiger partial charge in [0.15, 0.2) is 9.84 Å². The topological polar surface area (TPSA) is 46.5 Å². The van der Waals surface area contributed by atoms with Crippen molar-refractivity contribution in [2.75, 3.05) is 6.26 Å². The number of aliphatic imine (C=N–C) groups is 1. The molecule has 98 valence electrons. The SMILES string of the molecule is CS(=O)(=O)c1ccc(N=Cc2ccccc2F)cc1. The van der Waals surface area contributed by atoms with E-state index in [1.807, 2.05) is 0 Å². The maximum Gasteiger partial charge on any atom is 0.175 e. The van der Waals surface area contributed by atoms with Crippen molar-refractivity contribution in [3.05, 3.63) is 59.9 Å². The summed E-state index contributed by atoms with van der Waals surface area (Å²) in [7, 11) is -3.21. The molecule has 0 saturated heterocycles. The minimum atomic E-state index is -3.21. The highest BCUT2D eigenvalue weighted by Crippen LogP contribution is 2.16. The predicted molar refractivity (Wildman–Crippen MR) is 73.2 cm³/mol. The maximum absolute atomic E-state index is 13.3. The van der Waals surface area contributed by atoms with Gasteiger partial charge in [-0.15, -0.1) is 0 Å². The molecule has 3 nitrogen and oxygen atoms in total. The van der Waals surface area contributed by atoms with E-state index in [-0.39, 0.29) is 10.7 Å². The molecule has 0 N–H and O–H groups in total. The van der Waals surface area contributed by atoms with Crippen molar-refractivity contribution in [1.29, 1.82) is 0 Å². The summed E-state index contributed by atoms with van der Waals surface area (Å²) < 4.78 is 35.9. The van der Waals surface area contributed by atoms with Gasteiger partial charge in [0.2, 0.25) is 0 Å². The van der Waals surface area contributed by atoms with Crippen molar-refractivity contribution in [2.45, 2.75) is 4.90 Å². The van der Waals surface area contributed by atoms with E-state index in [9.17, 15) is 12.8 Å². The Labute approximate surface area is 111 Å². The average molecular weight is 277 g/mol. The molecule has 0 aliphatic carbocycles. The number of halogens is 1. The second-order valence-electron chi connectivity index (χ2n) is 4.05. The normalized spacial score (nSPS) is 11.9. The number of hydrogen-bond donors (Lipinski definition) is 0. The highest BCUT2D eigenvalue weighted by Gasteiger charge is 2.05. The molecular formula is C14H12FNO2S. The molecule has 0 saturated carbocycles. The fourth-order valence-corrected chi connectivity index (χ4v) is 2.13. The number of hydrogen-bond acceptors (Lipinski definition) is 3. The summed E-state index contributed by atoms with van der Waals surface area (Å²) in [4.78, 5) is 4.33. The molecule has 0 amide bonds. The van der Waals surface area contributed by atoms with Gasteiger partial charge in [-0.25, -0.2) is 12.8 Å². The molecule has 0 aliphatic heterocycles. The number of sulfone groups is 1. The molecule has 2 aromatic rings. The second-order valence-corrected chi connectivity index (χ2v) is 6.06. The standard InChI is InChI=1S/C14H12FNO2S/c1-19(17,18)13-8-6-12(7-9-13)16-10-11-4-2-3-5-14(11)15/h2-10H,1H3. The Hall–Kier alpha value is -2.01. The number of rotatable bonds is 3. The van der Waals surface area contributed by atoms with Crippen LogP contribution in [0.25, 0.3) is 0 Å². The third-order valence-electron chi connectivity index (χ3n) is 2.52. The summed E-state index contributed by atoms with van der Waals surface area (Å²) in [5.41, 5.74) is 0.949. The molecule has 0 aliphatic rings. The van der Waals surface area contributed by atoms with Gasteiger partial charge in [0, 0.05) is 18.0 Å². The fraction of sp³-hybridized carbons (Fsp3) is 0.0714. The van der Waals surface area contributed by atoms with E-state index in [2.05, 4.69) is 4.99 Å². The van der Waals surface area contributed by atoms with E-state index in [4.69, 9.17) is 0 Å². The Morgan fingerprint density at radius 1 is 1.05 bits per heavy atom. The number of nitrogens with zero attached hydrogens (tertiary/aromatic N) is 1. The Morgan fingerprint density at radius 2 is 1.68 bits per heavy atom. The molecule has 19 heavy (non-hydrogen) atoms. The highest BCUT2D eigenvalue weighted by molar-refractivity contribution is 7.90. The van der Waals surface area contributed by atoms with E-state index in [1.54, 1.807) is 30.3 Å². The molecule has 0 radical (unpaired) electrons. The van der Waals surface area contributed by atoms with Crippen LogP contribution in [-0.4, -0.2) is 20.9 Å². The Morgan fingerprint density at radius 3 is 2.26 bits per heavy atom. The summed E-state index contributed by atoms with van der Waals surface area (Å²) in [6.45, 7) is 0. The molecule has 0 unspecified atom stereocenters. The van der Waals surface area contributed by atoms with Crippen molar-refractivity contribution >= 4 is 21.7 Å². The van der Waals surface area contributed by atoms with Crippen LogP contribution in [0.15, 0.2) is 58.4 Å². The molecule has 0 spiro atoms. The summed E-state index contributed by atoms with van der Waals surface area (Å²) in [6, 6.07) is 12.4. The lowest BCUT2D eigenvalue weighted by Gasteiger charge is -1.99. The van der Waals surface area contributed by atoms with Crippen molar-refractivity contribution in [3.63, 3.8) is 0 Å². The van der Waals surface area contributed by atoms with Gasteiger partial charge in [-0.1, -0.05) is 18.2 Å². The van der Waals surface area contributed by atoms with E-state index >= 15 is 0 Å². The zero-order chi connectivity index (χ0) is 13.9. The van der Waals surface area contributed by atoms with Crippen molar-refractivity contribution in [2.24, 2.45) is 4.99 Å². The van der Waals surface area contributed by atoms with Gasteiger partial charge in [0.25, 0.3) is 0 Å². The highest BCUT2D eigenvalue weighted by atomic mass is 32.2. The first-order valence-electron chi connectivity index (χ1n) is 5.55. The molecule has 0 bridgehead atoms. The van der Waals surface area contributed by atoms with Gasteiger partial charge < -0.3 is 0 Å². The Bertz CT molecular complexity index is 706. The van der Waals surface area contributed by atoms with Gasteiger partial charge in [-0.3, -0.25) is 4.99 Å². The maximum atomic E-state index is 13.3. The third kappa shape index (κ3) is 3.48. The van der Waals surface area contributed by atoms with Gasteiger partial charge in [0.05, 0.1) is 10.6 Å². The smallest absolute Gasteiger partial charge is 0.175 e. The minimum Gasteiger partial charge on any atom is -0.256 e. The van der Waals surface area contributed by atoms with Crippen LogP contribution < -0.4 is 0 Å². The van der Waals surface area contributed by atoms with Gasteiger partial charge >= 0.3 is 0 Å². The largest absolute Gasteiger partial charge is 0.256 e. The molecular weight excluding hydrogens is 265 g/mol. The zero-order valence-electron chi connectivity index (χ0n) is 10.2. The summed E-state index contributed by atoms with van der Waals surface area (Å²) in [6.07, 6.45) is 2.55. The molecule has 0 heterocycles. The van der Waals surface area contributed by atoms with Crippen molar-refractivity contribution in [3.8, 4) is 0 Å². The van der Waals surface area contributed by atoms with Crippen LogP contribution in [-0.2, 0) is 9.84 Å². The molecule has 0 aromatic heterocycles. The fourth-order valence-electron chi connectivity index (χ4n) is 1.50. The zero-order valence-corrected chi connectivity index (χ0v) is 11.1. The van der Waals surface area contributed by atoms with E-state index in [0.29, 0.717) is 11.3 Å². The molecule has 0 fully saturated rings. The average Bonchev–Trinajstić information content (AvgIpc) is 2.37. The van der Waals surface area contributed by atoms with E-state index in [0.717, 1.165) is 6.26 Å². The summed E-state index contributed by atoms with van der Waals surface area (Å²) >= 11 is 0. The summed E-state index contributed by atoms with van der Waals surface area (Å²) in [5.74, 6) is -0.348. The monoisotopic (exact) mass is 277 g/mol. The van der Waals surface area contributed by atoms with Crippen LogP contribution in [0.3, 0.4) is 0 Å². The second kappa shape index (κ2) is 5.32. The minimum absolute atomic E-state index is 0.234. The number of benzene rings is 2. The van der Waals surface area contributed by atoms with Crippen LogP contribution in [0, 0.1) is 5.82 Å². The lowest BCUT2D eigenvalue weighted by Crippen LogP contribution is -1.95. The Balaban J connectivity index is 2.23. The van der Waals surface area contributed by atoms with Crippen LogP contribution in [0.2, 0.25) is 0 Å². The van der Waals surface area contributed by atoms with Gasteiger partial charge in [-0.05, 0) is 30.3 Å². The quantitative estimate of drug-likeness (QED) is 0.810. The Kier molecular flexibility index (Phi) is 3.76. The van der Waals surface area contributed by atoms with E-state index < -0.39 is 9.84 Å².